The van der Waals surface area contributed by atoms with Crippen LogP contribution in [-0.4, -0.2) is 14.4 Å². The Labute approximate surface area is 177 Å². The molecular formula is C23H19FN6O. The van der Waals surface area contributed by atoms with E-state index in [1.54, 1.807) is 16.5 Å². The second kappa shape index (κ2) is 7.88. The second-order valence-electron chi connectivity index (χ2n) is 7.18. The van der Waals surface area contributed by atoms with Gasteiger partial charge in [0, 0.05) is 11.2 Å². The minimum atomic E-state index is -0.446. The van der Waals surface area contributed by atoms with Crippen molar-refractivity contribution >= 4 is 17.2 Å². The number of aryl methyl sites for hydroxylation is 1. The van der Waals surface area contributed by atoms with Crippen molar-refractivity contribution in [2.75, 3.05) is 11.1 Å². The number of rotatable bonds is 4. The number of nitriles is 1. The van der Waals surface area contributed by atoms with Crippen LogP contribution in [0.15, 0.2) is 59.7 Å². The average Bonchev–Trinajstić information content (AvgIpc) is 2.73. The van der Waals surface area contributed by atoms with Crippen molar-refractivity contribution in [3.8, 4) is 17.2 Å². The molecule has 1 atom stereocenters. The van der Waals surface area contributed by atoms with Gasteiger partial charge in [0.05, 0.1) is 11.6 Å². The van der Waals surface area contributed by atoms with E-state index in [0.29, 0.717) is 22.2 Å². The highest BCUT2D eigenvalue weighted by atomic mass is 19.1. The van der Waals surface area contributed by atoms with Gasteiger partial charge in [-0.15, -0.1) is 0 Å². The molecule has 3 aromatic heterocycles. The highest BCUT2D eigenvalue weighted by Gasteiger charge is 2.20. The van der Waals surface area contributed by atoms with Gasteiger partial charge in [0.2, 0.25) is 0 Å². The maximum absolute atomic E-state index is 14.0. The molecule has 0 bridgehead atoms. The molecule has 0 aliphatic carbocycles. The maximum atomic E-state index is 14.0. The first-order chi connectivity index (χ1) is 14.9. The Morgan fingerprint density at radius 1 is 1.19 bits per heavy atom. The number of aromatic nitrogens is 3. The van der Waals surface area contributed by atoms with Gasteiger partial charge in [-0.05, 0) is 55.3 Å². The minimum Gasteiger partial charge on any atom is -0.382 e. The lowest BCUT2D eigenvalue weighted by molar-refractivity contribution is 0.628. The summed E-state index contributed by atoms with van der Waals surface area (Å²) >= 11 is 0. The first-order valence-electron chi connectivity index (χ1n) is 9.59. The lowest BCUT2D eigenvalue weighted by Crippen LogP contribution is -2.22. The lowest BCUT2D eigenvalue weighted by atomic mass is 9.96. The Bertz CT molecular complexity index is 1410. The Morgan fingerprint density at radius 3 is 2.71 bits per heavy atom. The SMILES string of the molecule is Cc1cccc2cc([C@@H](C)Nc3ncnc(N)c3C#N)c(-c3cccc(F)c3)c(=O)n12. The smallest absolute Gasteiger partial charge is 0.263 e. The molecule has 7 nitrogen and oxygen atoms in total. The van der Waals surface area contributed by atoms with Crippen LogP contribution in [0.1, 0.15) is 29.8 Å². The summed E-state index contributed by atoms with van der Waals surface area (Å²) in [6, 6.07) is 14.9. The predicted molar refractivity (Wildman–Crippen MR) is 117 cm³/mol. The van der Waals surface area contributed by atoms with Gasteiger partial charge in [-0.3, -0.25) is 9.20 Å². The molecule has 0 fully saturated rings. The number of hydrogen-bond acceptors (Lipinski definition) is 6. The fourth-order valence-corrected chi connectivity index (χ4v) is 3.67. The van der Waals surface area contributed by atoms with E-state index in [0.717, 1.165) is 5.69 Å². The van der Waals surface area contributed by atoms with E-state index in [4.69, 9.17) is 5.73 Å². The van der Waals surface area contributed by atoms with E-state index in [1.165, 1.54) is 18.5 Å². The maximum Gasteiger partial charge on any atom is 0.263 e. The number of nitrogens with two attached hydrogens (primary N) is 1. The molecule has 154 valence electrons. The van der Waals surface area contributed by atoms with Gasteiger partial charge in [0.25, 0.3) is 5.56 Å². The fourth-order valence-electron chi connectivity index (χ4n) is 3.67. The number of hydrogen-bond donors (Lipinski definition) is 2. The van der Waals surface area contributed by atoms with Gasteiger partial charge in [0.15, 0.2) is 0 Å². The molecule has 0 unspecified atom stereocenters. The van der Waals surface area contributed by atoms with Crippen LogP contribution in [0.3, 0.4) is 0 Å². The highest BCUT2D eigenvalue weighted by molar-refractivity contribution is 5.72. The number of fused-ring (bicyclic) bond motifs is 1. The predicted octanol–water partition coefficient (Wildman–Crippen LogP) is 3.83. The van der Waals surface area contributed by atoms with Crippen LogP contribution in [0.5, 0.6) is 0 Å². The van der Waals surface area contributed by atoms with Crippen LogP contribution < -0.4 is 16.6 Å². The molecule has 0 saturated carbocycles. The zero-order valence-electron chi connectivity index (χ0n) is 16.9. The van der Waals surface area contributed by atoms with Crippen molar-refractivity contribution < 1.29 is 4.39 Å². The number of benzene rings is 1. The third-order valence-corrected chi connectivity index (χ3v) is 5.15. The third kappa shape index (κ3) is 3.57. The Balaban J connectivity index is 1.95. The van der Waals surface area contributed by atoms with Gasteiger partial charge < -0.3 is 11.1 Å². The standard InChI is InChI=1S/C23H19FN6O/c1-13-5-3-8-17-10-18(14(2)29-22-19(11-25)21(26)27-12-28-22)20(23(31)30(13)17)15-6-4-7-16(24)9-15/h3-10,12,14H,1-2H3,(H3,26,27,28,29)/t14-/m1/s1. The molecule has 3 heterocycles. The summed E-state index contributed by atoms with van der Waals surface area (Å²) in [6.07, 6.45) is 1.26. The molecule has 0 amide bonds. The Kier molecular flexibility index (Phi) is 5.09. The minimum absolute atomic E-state index is 0.0618. The van der Waals surface area contributed by atoms with E-state index in [9.17, 15) is 14.4 Å². The third-order valence-electron chi connectivity index (χ3n) is 5.15. The van der Waals surface area contributed by atoms with Gasteiger partial charge in [0.1, 0.15) is 35.4 Å². The number of pyridine rings is 2. The van der Waals surface area contributed by atoms with E-state index in [2.05, 4.69) is 15.3 Å². The molecule has 31 heavy (non-hydrogen) atoms. The molecule has 4 aromatic rings. The normalized spacial score (nSPS) is 11.8. The fraction of sp³-hybridized carbons (Fsp3) is 0.130. The largest absolute Gasteiger partial charge is 0.382 e. The van der Waals surface area contributed by atoms with Crippen molar-refractivity contribution in [3.05, 3.63) is 87.9 Å². The lowest BCUT2D eigenvalue weighted by Gasteiger charge is -2.21. The molecule has 4 rings (SSSR count). The topological polar surface area (TPSA) is 109 Å². The van der Waals surface area contributed by atoms with Crippen molar-refractivity contribution in [2.45, 2.75) is 19.9 Å². The zero-order chi connectivity index (χ0) is 22.1. The monoisotopic (exact) mass is 414 g/mol. The Hall–Kier alpha value is -4.25. The zero-order valence-corrected chi connectivity index (χ0v) is 16.9. The molecule has 0 aliphatic heterocycles. The van der Waals surface area contributed by atoms with E-state index in [1.807, 2.05) is 44.2 Å². The molecule has 0 radical (unpaired) electrons. The van der Waals surface area contributed by atoms with Gasteiger partial charge in [-0.25, -0.2) is 14.4 Å². The summed E-state index contributed by atoms with van der Waals surface area (Å²) in [5.41, 5.74) is 8.60. The van der Waals surface area contributed by atoms with E-state index < -0.39 is 11.9 Å². The van der Waals surface area contributed by atoms with Crippen LogP contribution >= 0.6 is 0 Å². The molecule has 1 aromatic carbocycles. The first-order valence-corrected chi connectivity index (χ1v) is 9.59. The van der Waals surface area contributed by atoms with Gasteiger partial charge in [-0.2, -0.15) is 5.26 Å². The molecule has 0 saturated heterocycles. The highest BCUT2D eigenvalue weighted by Crippen LogP contribution is 2.30. The second-order valence-corrected chi connectivity index (χ2v) is 7.18. The van der Waals surface area contributed by atoms with Crippen molar-refractivity contribution in [1.29, 1.82) is 5.26 Å². The number of halogens is 1. The van der Waals surface area contributed by atoms with Crippen molar-refractivity contribution in [2.24, 2.45) is 0 Å². The van der Waals surface area contributed by atoms with Crippen LogP contribution in [0, 0.1) is 24.1 Å². The molecule has 0 spiro atoms. The number of nitrogen functional groups attached to an aromatic ring is 1. The number of nitrogens with one attached hydrogen (secondary N) is 1. The van der Waals surface area contributed by atoms with Crippen LogP contribution in [-0.2, 0) is 0 Å². The Morgan fingerprint density at radius 2 is 1.97 bits per heavy atom. The van der Waals surface area contributed by atoms with E-state index >= 15 is 0 Å². The summed E-state index contributed by atoms with van der Waals surface area (Å²) in [6.45, 7) is 3.68. The summed E-state index contributed by atoms with van der Waals surface area (Å²) < 4.78 is 15.6. The summed E-state index contributed by atoms with van der Waals surface area (Å²) in [5.74, 6) is -0.113. The van der Waals surface area contributed by atoms with E-state index in [-0.39, 0.29) is 22.8 Å². The molecule has 3 N–H and O–H groups in total. The summed E-state index contributed by atoms with van der Waals surface area (Å²) in [5, 5.41) is 12.6. The number of anilines is 2. The van der Waals surface area contributed by atoms with Crippen LogP contribution in [0.2, 0.25) is 0 Å². The molecular weight excluding hydrogens is 395 g/mol. The quantitative estimate of drug-likeness (QED) is 0.525. The molecule has 8 heteroatoms. The average molecular weight is 414 g/mol. The summed E-state index contributed by atoms with van der Waals surface area (Å²) in [4.78, 5) is 21.5. The van der Waals surface area contributed by atoms with Crippen LogP contribution in [0.25, 0.3) is 16.6 Å². The van der Waals surface area contributed by atoms with Gasteiger partial charge in [-0.1, -0.05) is 18.2 Å². The summed E-state index contributed by atoms with van der Waals surface area (Å²) in [7, 11) is 0. The first kappa shape index (κ1) is 20.0. The van der Waals surface area contributed by atoms with Gasteiger partial charge >= 0.3 is 0 Å². The molecule has 0 aliphatic rings. The number of nitrogens with zero attached hydrogens (tertiary/aromatic N) is 4. The van der Waals surface area contributed by atoms with Crippen molar-refractivity contribution in [3.63, 3.8) is 0 Å². The van der Waals surface area contributed by atoms with Crippen LogP contribution in [0.4, 0.5) is 16.0 Å². The van der Waals surface area contributed by atoms with Crippen molar-refractivity contribution in [1.82, 2.24) is 14.4 Å².